The van der Waals surface area contributed by atoms with Crippen LogP contribution in [0.15, 0.2) is 23.2 Å². The Morgan fingerprint density at radius 3 is 2.83 bits per heavy atom. The van der Waals surface area contributed by atoms with E-state index in [2.05, 4.69) is 20.3 Å². The third kappa shape index (κ3) is 3.72. The molecule has 0 bridgehead atoms. The van der Waals surface area contributed by atoms with E-state index >= 15 is 0 Å². The van der Waals surface area contributed by atoms with Gasteiger partial charge in [-0.15, -0.1) is 0 Å². The van der Waals surface area contributed by atoms with Gasteiger partial charge in [-0.3, -0.25) is 9.78 Å². The van der Waals surface area contributed by atoms with Gasteiger partial charge in [-0.25, -0.2) is 9.97 Å². The SMILES string of the molecule is CNc1cnc(C[C@H]2CCCN(C(=O)c3ncoc3C)CC2)cn1. The Kier molecular flexibility index (Phi) is 5.08. The Hall–Kier alpha value is -2.44. The lowest BCUT2D eigenvalue weighted by atomic mass is 9.95. The van der Waals surface area contributed by atoms with Crippen LogP contribution in [0.2, 0.25) is 0 Å². The topological polar surface area (TPSA) is 84.2 Å². The maximum atomic E-state index is 12.5. The minimum atomic E-state index is -0.0277. The normalized spacial score (nSPS) is 18.2. The van der Waals surface area contributed by atoms with Gasteiger partial charge in [-0.1, -0.05) is 0 Å². The van der Waals surface area contributed by atoms with Gasteiger partial charge in [-0.05, 0) is 38.5 Å². The van der Waals surface area contributed by atoms with Gasteiger partial charge < -0.3 is 14.6 Å². The fraction of sp³-hybridized carbons (Fsp3) is 0.529. The Balaban J connectivity index is 1.58. The molecule has 1 atom stereocenters. The van der Waals surface area contributed by atoms with Crippen LogP contribution in [0, 0.1) is 12.8 Å². The first-order valence-electron chi connectivity index (χ1n) is 8.35. The summed E-state index contributed by atoms with van der Waals surface area (Å²) < 4.78 is 5.15. The Morgan fingerprint density at radius 2 is 2.17 bits per heavy atom. The van der Waals surface area contributed by atoms with Gasteiger partial charge in [0.25, 0.3) is 5.91 Å². The number of hydrogen-bond acceptors (Lipinski definition) is 6. The van der Waals surface area contributed by atoms with E-state index in [1.165, 1.54) is 6.39 Å². The lowest BCUT2D eigenvalue weighted by molar-refractivity contribution is 0.0753. The molecule has 3 heterocycles. The summed E-state index contributed by atoms with van der Waals surface area (Å²) in [7, 11) is 1.83. The van der Waals surface area contributed by atoms with Crippen LogP contribution in [0.4, 0.5) is 5.82 Å². The molecule has 0 unspecified atom stereocenters. The zero-order valence-electron chi connectivity index (χ0n) is 14.2. The molecule has 7 nitrogen and oxygen atoms in total. The van der Waals surface area contributed by atoms with Gasteiger partial charge in [0, 0.05) is 20.1 Å². The summed E-state index contributed by atoms with van der Waals surface area (Å²) in [6, 6.07) is 0. The number of hydrogen-bond donors (Lipinski definition) is 1. The molecule has 0 spiro atoms. The number of nitrogens with zero attached hydrogens (tertiary/aromatic N) is 4. The van der Waals surface area contributed by atoms with Gasteiger partial charge in [0.05, 0.1) is 18.1 Å². The second kappa shape index (κ2) is 7.42. The van der Waals surface area contributed by atoms with Crippen molar-refractivity contribution in [2.24, 2.45) is 5.92 Å². The number of anilines is 1. The van der Waals surface area contributed by atoms with E-state index in [0.29, 0.717) is 17.4 Å². The summed E-state index contributed by atoms with van der Waals surface area (Å²) in [5.74, 6) is 1.86. The molecular weight excluding hydrogens is 306 g/mol. The van der Waals surface area contributed by atoms with Crippen molar-refractivity contribution in [3.63, 3.8) is 0 Å². The van der Waals surface area contributed by atoms with E-state index in [-0.39, 0.29) is 5.91 Å². The molecule has 1 N–H and O–H groups in total. The van der Waals surface area contributed by atoms with Gasteiger partial charge in [-0.2, -0.15) is 0 Å². The van der Waals surface area contributed by atoms with Crippen LogP contribution in [0.5, 0.6) is 0 Å². The first-order chi connectivity index (χ1) is 11.7. The lowest BCUT2D eigenvalue weighted by Crippen LogP contribution is -2.32. The summed E-state index contributed by atoms with van der Waals surface area (Å²) in [6.07, 6.45) is 8.89. The van der Waals surface area contributed by atoms with Crippen molar-refractivity contribution in [2.45, 2.75) is 32.6 Å². The highest BCUT2D eigenvalue weighted by Gasteiger charge is 2.24. The van der Waals surface area contributed by atoms with Crippen LogP contribution >= 0.6 is 0 Å². The molecule has 24 heavy (non-hydrogen) atoms. The van der Waals surface area contributed by atoms with E-state index in [1.54, 1.807) is 13.1 Å². The number of rotatable bonds is 4. The van der Waals surface area contributed by atoms with E-state index < -0.39 is 0 Å². The fourth-order valence-electron chi connectivity index (χ4n) is 3.12. The van der Waals surface area contributed by atoms with Crippen molar-refractivity contribution >= 4 is 11.7 Å². The van der Waals surface area contributed by atoms with Crippen molar-refractivity contribution < 1.29 is 9.21 Å². The van der Waals surface area contributed by atoms with E-state index in [9.17, 15) is 4.79 Å². The molecule has 0 saturated carbocycles. The van der Waals surface area contributed by atoms with Crippen molar-refractivity contribution in [3.05, 3.63) is 35.9 Å². The number of amides is 1. The number of aromatic nitrogens is 3. The molecule has 7 heteroatoms. The summed E-state index contributed by atoms with van der Waals surface area (Å²) in [5.41, 5.74) is 1.44. The molecule has 1 aliphatic heterocycles. The molecular formula is C17H23N5O2. The van der Waals surface area contributed by atoms with E-state index in [4.69, 9.17) is 4.42 Å². The zero-order chi connectivity index (χ0) is 16.9. The Labute approximate surface area is 141 Å². The summed E-state index contributed by atoms with van der Waals surface area (Å²) in [4.78, 5) is 27.2. The van der Waals surface area contributed by atoms with Crippen LogP contribution in [-0.2, 0) is 6.42 Å². The fourth-order valence-corrected chi connectivity index (χ4v) is 3.12. The number of nitrogens with one attached hydrogen (secondary N) is 1. The average molecular weight is 329 g/mol. The quantitative estimate of drug-likeness (QED) is 0.926. The minimum Gasteiger partial charge on any atom is -0.448 e. The molecule has 2 aromatic heterocycles. The van der Waals surface area contributed by atoms with Crippen molar-refractivity contribution in [2.75, 3.05) is 25.5 Å². The first kappa shape index (κ1) is 16.4. The third-order valence-electron chi connectivity index (χ3n) is 4.54. The van der Waals surface area contributed by atoms with Crippen LogP contribution in [0.1, 0.15) is 41.2 Å². The standard InChI is InChI=1S/C17H23N5O2/c1-12-16(21-11-24-12)17(23)22-6-3-4-13(5-7-22)8-14-9-20-15(18-2)10-19-14/h9-11,13H,3-8H2,1-2H3,(H,18,20)/t13-/m0/s1. The molecule has 0 aliphatic carbocycles. The second-order valence-corrected chi connectivity index (χ2v) is 6.19. The number of oxazole rings is 1. The Bertz CT molecular complexity index is 683. The molecule has 1 saturated heterocycles. The van der Waals surface area contributed by atoms with Crippen molar-refractivity contribution in [1.82, 2.24) is 19.9 Å². The largest absolute Gasteiger partial charge is 0.448 e. The minimum absolute atomic E-state index is 0.0277. The molecule has 0 radical (unpaired) electrons. The van der Waals surface area contributed by atoms with Crippen LogP contribution in [0.25, 0.3) is 0 Å². The number of aryl methyl sites for hydroxylation is 1. The zero-order valence-corrected chi connectivity index (χ0v) is 14.2. The molecule has 1 aliphatic rings. The van der Waals surface area contributed by atoms with Crippen LogP contribution in [0.3, 0.4) is 0 Å². The highest BCUT2D eigenvalue weighted by atomic mass is 16.3. The molecule has 0 aromatic carbocycles. The highest BCUT2D eigenvalue weighted by Crippen LogP contribution is 2.22. The molecule has 3 rings (SSSR count). The molecule has 2 aromatic rings. The highest BCUT2D eigenvalue weighted by molar-refractivity contribution is 5.93. The van der Waals surface area contributed by atoms with Crippen LogP contribution < -0.4 is 5.32 Å². The monoisotopic (exact) mass is 329 g/mol. The van der Waals surface area contributed by atoms with E-state index in [0.717, 1.165) is 50.3 Å². The second-order valence-electron chi connectivity index (χ2n) is 6.19. The maximum Gasteiger partial charge on any atom is 0.276 e. The summed E-state index contributed by atoms with van der Waals surface area (Å²) in [6.45, 7) is 3.29. The van der Waals surface area contributed by atoms with Gasteiger partial charge in [0.15, 0.2) is 12.1 Å². The smallest absolute Gasteiger partial charge is 0.276 e. The number of likely N-dealkylation sites (tertiary alicyclic amines) is 1. The summed E-state index contributed by atoms with van der Waals surface area (Å²) >= 11 is 0. The van der Waals surface area contributed by atoms with Gasteiger partial charge in [0.1, 0.15) is 11.6 Å². The average Bonchev–Trinajstić information content (AvgIpc) is 2.89. The molecule has 1 amide bonds. The number of carbonyl (C=O) groups excluding carboxylic acids is 1. The Morgan fingerprint density at radius 1 is 1.29 bits per heavy atom. The maximum absolute atomic E-state index is 12.5. The van der Waals surface area contributed by atoms with Crippen molar-refractivity contribution in [1.29, 1.82) is 0 Å². The van der Waals surface area contributed by atoms with Crippen molar-refractivity contribution in [3.8, 4) is 0 Å². The third-order valence-corrected chi connectivity index (χ3v) is 4.54. The lowest BCUT2D eigenvalue weighted by Gasteiger charge is -2.19. The van der Waals surface area contributed by atoms with Crippen LogP contribution in [-0.4, -0.2) is 45.9 Å². The molecule has 128 valence electrons. The summed E-state index contributed by atoms with van der Waals surface area (Å²) in [5, 5.41) is 2.97. The molecule has 1 fully saturated rings. The predicted octanol–water partition coefficient (Wildman–Crippen LogP) is 2.30. The van der Waals surface area contributed by atoms with Gasteiger partial charge >= 0.3 is 0 Å². The van der Waals surface area contributed by atoms with Gasteiger partial charge in [0.2, 0.25) is 0 Å². The predicted molar refractivity (Wildman–Crippen MR) is 89.8 cm³/mol. The first-order valence-corrected chi connectivity index (χ1v) is 8.35. The van der Waals surface area contributed by atoms with E-state index in [1.807, 2.05) is 18.1 Å². The number of carbonyl (C=O) groups is 1.